The molecule has 9 heteroatoms. The molecule has 3 heterocycles. The van der Waals surface area contributed by atoms with Gasteiger partial charge >= 0.3 is 11.7 Å². The number of ether oxygens (including phenoxy) is 4. The van der Waals surface area contributed by atoms with Crippen molar-refractivity contribution in [1.82, 2.24) is 10.1 Å². The molecule has 1 aliphatic carbocycles. The number of carbonyl (C=O) groups is 1. The fourth-order valence-electron chi connectivity index (χ4n) is 5.52. The predicted molar refractivity (Wildman–Crippen MR) is 119 cm³/mol. The lowest BCUT2D eigenvalue weighted by Crippen LogP contribution is -2.55. The third-order valence-corrected chi connectivity index (χ3v) is 7.52. The van der Waals surface area contributed by atoms with Crippen molar-refractivity contribution in [2.45, 2.75) is 95.7 Å². The summed E-state index contributed by atoms with van der Waals surface area (Å²) in [6.45, 7) is 10.9. The van der Waals surface area contributed by atoms with Crippen molar-refractivity contribution in [1.29, 1.82) is 0 Å². The Kier molecular flexibility index (Phi) is 6.59. The Bertz CT molecular complexity index is 943. The van der Waals surface area contributed by atoms with Gasteiger partial charge in [-0.05, 0) is 46.0 Å². The topological polar surface area (TPSA) is 119 Å². The van der Waals surface area contributed by atoms with Gasteiger partial charge in [0.05, 0.1) is 25.0 Å². The molecule has 2 aliphatic heterocycles. The maximum Gasteiger partial charge on any atom is 0.438 e. The first-order chi connectivity index (χ1) is 15.6. The normalized spacial score (nSPS) is 36.0. The molecule has 0 unspecified atom stereocenters. The van der Waals surface area contributed by atoms with Gasteiger partial charge in [-0.3, -0.25) is 14.3 Å². The zero-order valence-corrected chi connectivity index (χ0v) is 20.4. The van der Waals surface area contributed by atoms with E-state index in [9.17, 15) is 9.59 Å². The number of hydrogen-bond donors (Lipinski definition) is 1. The number of methoxy groups -OCH3 is 1. The van der Waals surface area contributed by atoms with E-state index in [-0.39, 0.29) is 53.6 Å². The van der Waals surface area contributed by atoms with E-state index in [1.54, 1.807) is 7.11 Å². The quantitative estimate of drug-likeness (QED) is 0.336. The van der Waals surface area contributed by atoms with Gasteiger partial charge < -0.3 is 18.9 Å². The molecule has 1 spiro atoms. The van der Waals surface area contributed by atoms with E-state index < -0.39 is 11.9 Å². The van der Waals surface area contributed by atoms with Crippen molar-refractivity contribution in [2.24, 2.45) is 11.8 Å². The van der Waals surface area contributed by atoms with E-state index in [0.29, 0.717) is 18.9 Å². The predicted octanol–water partition coefficient (Wildman–Crippen LogP) is 3.11. The van der Waals surface area contributed by atoms with Gasteiger partial charge in [0.25, 0.3) is 0 Å². The molecule has 2 saturated heterocycles. The van der Waals surface area contributed by atoms with Crippen LogP contribution in [-0.4, -0.2) is 59.3 Å². The van der Waals surface area contributed by atoms with Gasteiger partial charge in [0.1, 0.15) is 23.4 Å². The number of H-pyrrole nitrogens is 1. The second-order valence-electron chi connectivity index (χ2n) is 10.4. The summed E-state index contributed by atoms with van der Waals surface area (Å²) in [5, 5.41) is 3.77. The minimum atomic E-state index is -0.631. The number of hydrogen-bond acceptors (Lipinski definition) is 8. The molecule has 0 bridgehead atoms. The zero-order chi connectivity index (χ0) is 24.0. The maximum atomic E-state index is 13.0. The molecule has 3 aliphatic rings. The Morgan fingerprint density at radius 2 is 2.09 bits per heavy atom. The number of nitrogens with one attached hydrogen (secondary N) is 1. The van der Waals surface area contributed by atoms with Crippen LogP contribution in [-0.2, 0) is 23.7 Å². The van der Waals surface area contributed by atoms with Crippen molar-refractivity contribution >= 4 is 5.97 Å². The monoisotopic (exact) mass is 464 g/mol. The first kappa shape index (κ1) is 24.2. The van der Waals surface area contributed by atoms with Crippen molar-refractivity contribution in [3.63, 3.8) is 0 Å². The number of carbonyl (C=O) groups excluding carboxylic acids is 1. The Morgan fingerprint density at radius 3 is 2.64 bits per heavy atom. The maximum absolute atomic E-state index is 13.0. The molecule has 184 valence electrons. The first-order valence-electron chi connectivity index (χ1n) is 11.8. The fourth-order valence-corrected chi connectivity index (χ4v) is 5.52. The fraction of sp³-hybridized carbons (Fsp3) is 0.792. The number of aromatic nitrogens is 2. The zero-order valence-electron chi connectivity index (χ0n) is 20.4. The smallest absolute Gasteiger partial charge is 0.438 e. The summed E-state index contributed by atoms with van der Waals surface area (Å²) >= 11 is 0. The van der Waals surface area contributed by atoms with Gasteiger partial charge in [-0.2, -0.15) is 0 Å². The van der Waals surface area contributed by atoms with Gasteiger partial charge in [-0.25, -0.2) is 4.79 Å². The number of allylic oxidation sites excluding steroid dienone is 1. The summed E-state index contributed by atoms with van der Waals surface area (Å²) in [6, 6.07) is 0. The Morgan fingerprint density at radius 1 is 1.36 bits per heavy atom. The number of rotatable bonds is 9. The number of aromatic amines is 1. The molecule has 1 aromatic rings. The van der Waals surface area contributed by atoms with E-state index in [2.05, 4.69) is 41.5 Å². The molecule has 0 radical (unpaired) electrons. The molecule has 1 saturated carbocycles. The van der Waals surface area contributed by atoms with Gasteiger partial charge in [0.2, 0.25) is 0 Å². The van der Waals surface area contributed by atoms with Crippen LogP contribution in [0.5, 0.6) is 0 Å². The van der Waals surface area contributed by atoms with Crippen molar-refractivity contribution in [3.8, 4) is 0 Å². The Labute approximate surface area is 194 Å². The van der Waals surface area contributed by atoms with Crippen LogP contribution < -0.4 is 5.76 Å². The second-order valence-corrected chi connectivity index (χ2v) is 10.4. The Balaban J connectivity index is 1.46. The van der Waals surface area contributed by atoms with Gasteiger partial charge in [-0.1, -0.05) is 30.7 Å². The van der Waals surface area contributed by atoms with E-state index in [1.165, 1.54) is 5.57 Å². The summed E-state index contributed by atoms with van der Waals surface area (Å²) in [5.41, 5.74) is 0.616. The average Bonchev–Trinajstić information content (AvgIpc) is 3.62. The minimum absolute atomic E-state index is 0.0232. The van der Waals surface area contributed by atoms with E-state index in [1.807, 2.05) is 13.8 Å². The van der Waals surface area contributed by atoms with Crippen LogP contribution in [0.25, 0.3) is 0 Å². The van der Waals surface area contributed by atoms with Crippen LogP contribution in [0.4, 0.5) is 0 Å². The van der Waals surface area contributed by atoms with Crippen molar-refractivity contribution in [3.05, 3.63) is 28.0 Å². The van der Waals surface area contributed by atoms with Crippen molar-refractivity contribution < 1.29 is 28.3 Å². The molecule has 9 nitrogen and oxygen atoms in total. The number of epoxide rings is 2. The van der Waals surface area contributed by atoms with Gasteiger partial charge in [-0.15, -0.1) is 0 Å². The van der Waals surface area contributed by atoms with Crippen LogP contribution in [0.15, 0.2) is 21.0 Å². The molecule has 0 aromatic carbocycles. The molecular formula is C24H36N2O7. The van der Waals surface area contributed by atoms with Crippen LogP contribution in [0.2, 0.25) is 0 Å². The molecule has 4 rings (SSSR count). The van der Waals surface area contributed by atoms with E-state index in [0.717, 1.165) is 12.8 Å². The molecular weight excluding hydrogens is 428 g/mol. The lowest BCUT2D eigenvalue weighted by Gasteiger charge is -2.42. The first-order valence-corrected chi connectivity index (χ1v) is 11.8. The molecule has 0 amide bonds. The Hall–Kier alpha value is -1.97. The summed E-state index contributed by atoms with van der Waals surface area (Å²) < 4.78 is 28.7. The minimum Gasteiger partial charge on any atom is -0.460 e. The second kappa shape index (κ2) is 9.00. The van der Waals surface area contributed by atoms with Crippen LogP contribution in [0, 0.1) is 11.8 Å². The average molecular weight is 465 g/mol. The third-order valence-electron chi connectivity index (χ3n) is 7.52. The molecule has 3 fully saturated rings. The SMILES string of the molecule is CO[C@@H]1[C@H](OC(=O)C[C@H](c2noc(=O)[nH]2)C(C)C)CC[C@]2(CO2)[C@H]1[C@@]1(C)O[C@@H]1CC=C(C)C. The molecule has 33 heavy (non-hydrogen) atoms. The highest BCUT2D eigenvalue weighted by molar-refractivity contribution is 5.70. The van der Waals surface area contributed by atoms with Gasteiger partial charge in [0, 0.05) is 13.0 Å². The summed E-state index contributed by atoms with van der Waals surface area (Å²) in [7, 11) is 1.66. The van der Waals surface area contributed by atoms with Crippen LogP contribution in [0.1, 0.15) is 72.0 Å². The molecule has 7 atom stereocenters. The lowest BCUT2D eigenvalue weighted by molar-refractivity contribution is -0.172. The standard InChI is InChI=1S/C24H36N2O7/c1-13(2)7-8-17-23(5,32-17)20-19(29-6)16(9-10-24(20)12-30-24)31-18(27)11-15(14(3)4)21-25-22(28)33-26-21/h7,14-17,19-20H,8-12H2,1-6H3,(H,25,26,28)/t15-,16+,17+,19+,20+,23-,24-/m0/s1. The van der Waals surface area contributed by atoms with E-state index in [4.69, 9.17) is 18.9 Å². The summed E-state index contributed by atoms with van der Waals surface area (Å²) in [5.74, 6) is -0.880. The van der Waals surface area contributed by atoms with Crippen molar-refractivity contribution in [2.75, 3.05) is 13.7 Å². The van der Waals surface area contributed by atoms with Crippen LogP contribution in [0.3, 0.4) is 0 Å². The molecule has 1 N–H and O–H groups in total. The highest BCUT2D eigenvalue weighted by Crippen LogP contribution is 2.59. The van der Waals surface area contributed by atoms with Crippen LogP contribution >= 0.6 is 0 Å². The highest BCUT2D eigenvalue weighted by atomic mass is 16.6. The van der Waals surface area contributed by atoms with E-state index >= 15 is 0 Å². The molecule has 1 aromatic heterocycles. The van der Waals surface area contributed by atoms with Gasteiger partial charge in [0.15, 0.2) is 5.82 Å². The number of nitrogens with zero attached hydrogens (tertiary/aromatic N) is 1. The lowest BCUT2D eigenvalue weighted by atomic mass is 9.68. The largest absolute Gasteiger partial charge is 0.460 e. The highest BCUT2D eigenvalue weighted by Gasteiger charge is 2.72. The third kappa shape index (κ3) is 4.81. The number of esters is 1. The summed E-state index contributed by atoms with van der Waals surface area (Å²) in [4.78, 5) is 26.9. The summed E-state index contributed by atoms with van der Waals surface area (Å²) in [6.07, 6.45) is 3.98.